The number of thiophene rings is 1. The third kappa shape index (κ3) is 2.45. The molecule has 1 aromatic carbocycles. The number of aromatic amines is 1. The summed E-state index contributed by atoms with van der Waals surface area (Å²) in [5.41, 5.74) is 4.08. The molecular formula is C17H19NS. The Bertz CT molecular complexity index is 649. The Hall–Kier alpha value is -1.54. The second kappa shape index (κ2) is 5.62. The fourth-order valence-corrected chi connectivity index (χ4v) is 3.40. The molecule has 0 aliphatic rings. The van der Waals surface area contributed by atoms with Crippen molar-refractivity contribution in [3.8, 4) is 10.6 Å². The van der Waals surface area contributed by atoms with Gasteiger partial charge in [-0.15, -0.1) is 11.3 Å². The van der Waals surface area contributed by atoms with Crippen molar-refractivity contribution in [2.75, 3.05) is 0 Å². The SMILES string of the molecule is CCCCCc1c(-c2cccs2)[nH]c2ccccc12. The lowest BCUT2D eigenvalue weighted by Crippen LogP contribution is -1.87. The van der Waals surface area contributed by atoms with Gasteiger partial charge in [-0.05, 0) is 35.9 Å². The van der Waals surface area contributed by atoms with Gasteiger partial charge < -0.3 is 4.98 Å². The average Bonchev–Trinajstić information content (AvgIpc) is 3.06. The van der Waals surface area contributed by atoms with Crippen molar-refractivity contribution in [1.29, 1.82) is 0 Å². The van der Waals surface area contributed by atoms with Crippen LogP contribution < -0.4 is 0 Å². The van der Waals surface area contributed by atoms with E-state index in [4.69, 9.17) is 0 Å². The van der Waals surface area contributed by atoms with Gasteiger partial charge in [0.25, 0.3) is 0 Å². The Kier molecular flexibility index (Phi) is 3.69. The molecule has 0 bridgehead atoms. The molecule has 98 valence electrons. The van der Waals surface area contributed by atoms with Gasteiger partial charge in [-0.25, -0.2) is 0 Å². The lowest BCUT2D eigenvalue weighted by Gasteiger charge is -2.03. The van der Waals surface area contributed by atoms with Crippen LogP contribution in [0.2, 0.25) is 0 Å². The van der Waals surface area contributed by atoms with Gasteiger partial charge in [-0.3, -0.25) is 0 Å². The molecule has 0 aliphatic heterocycles. The highest BCUT2D eigenvalue weighted by molar-refractivity contribution is 7.13. The second-order valence-corrected chi connectivity index (χ2v) is 5.91. The van der Waals surface area contributed by atoms with E-state index in [1.54, 1.807) is 0 Å². The normalized spacial score (nSPS) is 11.2. The second-order valence-electron chi connectivity index (χ2n) is 4.96. The van der Waals surface area contributed by atoms with Gasteiger partial charge in [-0.1, -0.05) is 44.0 Å². The number of H-pyrrole nitrogens is 1. The van der Waals surface area contributed by atoms with Crippen molar-refractivity contribution in [2.24, 2.45) is 0 Å². The van der Waals surface area contributed by atoms with E-state index < -0.39 is 0 Å². The van der Waals surface area contributed by atoms with Gasteiger partial charge in [0.2, 0.25) is 0 Å². The molecule has 19 heavy (non-hydrogen) atoms. The molecular weight excluding hydrogens is 250 g/mol. The first-order valence-corrected chi connectivity index (χ1v) is 7.91. The van der Waals surface area contributed by atoms with E-state index in [0.717, 1.165) is 0 Å². The molecule has 2 heteroatoms. The maximum absolute atomic E-state index is 3.60. The topological polar surface area (TPSA) is 15.8 Å². The molecule has 2 aromatic heterocycles. The number of benzene rings is 1. The highest BCUT2D eigenvalue weighted by Gasteiger charge is 2.12. The van der Waals surface area contributed by atoms with Crippen molar-refractivity contribution in [3.63, 3.8) is 0 Å². The Balaban J connectivity index is 2.06. The fraction of sp³-hybridized carbons (Fsp3) is 0.294. The molecule has 0 saturated heterocycles. The molecule has 1 N–H and O–H groups in total. The van der Waals surface area contributed by atoms with E-state index in [-0.39, 0.29) is 0 Å². The summed E-state index contributed by atoms with van der Waals surface area (Å²) in [5.74, 6) is 0. The molecule has 2 heterocycles. The third-order valence-electron chi connectivity index (χ3n) is 3.61. The van der Waals surface area contributed by atoms with Gasteiger partial charge in [0.05, 0.1) is 10.6 Å². The average molecular weight is 269 g/mol. The summed E-state index contributed by atoms with van der Waals surface area (Å²) >= 11 is 1.81. The van der Waals surface area contributed by atoms with Crippen molar-refractivity contribution >= 4 is 22.2 Å². The molecule has 0 saturated carbocycles. The zero-order valence-corrected chi connectivity index (χ0v) is 12.1. The van der Waals surface area contributed by atoms with Gasteiger partial charge in [0.1, 0.15) is 0 Å². The summed E-state index contributed by atoms with van der Waals surface area (Å²) < 4.78 is 0. The monoisotopic (exact) mass is 269 g/mol. The van der Waals surface area contributed by atoms with E-state index in [1.165, 1.54) is 52.7 Å². The minimum atomic E-state index is 1.17. The van der Waals surface area contributed by atoms with Crippen molar-refractivity contribution in [3.05, 3.63) is 47.3 Å². The summed E-state index contributed by atoms with van der Waals surface area (Å²) in [7, 11) is 0. The summed E-state index contributed by atoms with van der Waals surface area (Å²) in [6.45, 7) is 2.26. The van der Waals surface area contributed by atoms with Crippen LogP contribution in [0.3, 0.4) is 0 Å². The quantitative estimate of drug-likeness (QED) is 0.578. The number of hydrogen-bond donors (Lipinski definition) is 1. The van der Waals surface area contributed by atoms with Gasteiger partial charge in [0, 0.05) is 10.9 Å². The van der Waals surface area contributed by atoms with Gasteiger partial charge in [-0.2, -0.15) is 0 Å². The van der Waals surface area contributed by atoms with E-state index in [1.807, 2.05) is 11.3 Å². The molecule has 0 radical (unpaired) electrons. The first-order chi connectivity index (χ1) is 9.40. The zero-order chi connectivity index (χ0) is 13.1. The van der Waals surface area contributed by atoms with E-state index in [9.17, 15) is 0 Å². The minimum Gasteiger partial charge on any atom is -0.354 e. The van der Waals surface area contributed by atoms with Crippen LogP contribution in [0.5, 0.6) is 0 Å². The highest BCUT2D eigenvalue weighted by atomic mass is 32.1. The number of unbranched alkanes of at least 4 members (excludes halogenated alkanes) is 2. The molecule has 3 rings (SSSR count). The molecule has 0 amide bonds. The van der Waals surface area contributed by atoms with Crippen LogP contribution in [0.15, 0.2) is 41.8 Å². The smallest absolute Gasteiger partial charge is 0.0598 e. The third-order valence-corrected chi connectivity index (χ3v) is 4.50. The first kappa shape index (κ1) is 12.5. The standard InChI is InChI=1S/C17H19NS/c1-2-3-4-9-14-13-8-5-6-10-15(13)18-17(14)16-11-7-12-19-16/h5-8,10-12,18H,2-4,9H2,1H3. The van der Waals surface area contributed by atoms with E-state index in [0.29, 0.717) is 0 Å². The Morgan fingerprint density at radius 1 is 1.05 bits per heavy atom. The number of nitrogens with one attached hydrogen (secondary N) is 1. The maximum atomic E-state index is 3.60. The molecule has 1 nitrogen and oxygen atoms in total. The van der Waals surface area contributed by atoms with Gasteiger partial charge >= 0.3 is 0 Å². The Morgan fingerprint density at radius 3 is 2.74 bits per heavy atom. The van der Waals surface area contributed by atoms with Gasteiger partial charge in [0.15, 0.2) is 0 Å². The van der Waals surface area contributed by atoms with Crippen molar-refractivity contribution < 1.29 is 0 Å². The Morgan fingerprint density at radius 2 is 1.95 bits per heavy atom. The van der Waals surface area contributed by atoms with E-state index in [2.05, 4.69) is 53.7 Å². The number of hydrogen-bond acceptors (Lipinski definition) is 1. The largest absolute Gasteiger partial charge is 0.354 e. The molecule has 0 aliphatic carbocycles. The molecule has 0 spiro atoms. The molecule has 0 atom stereocenters. The van der Waals surface area contributed by atoms with Crippen molar-refractivity contribution in [2.45, 2.75) is 32.6 Å². The lowest BCUT2D eigenvalue weighted by atomic mass is 10.0. The van der Waals surface area contributed by atoms with Crippen molar-refractivity contribution in [1.82, 2.24) is 4.98 Å². The lowest BCUT2D eigenvalue weighted by molar-refractivity contribution is 0.720. The highest BCUT2D eigenvalue weighted by Crippen LogP contribution is 2.33. The summed E-state index contributed by atoms with van der Waals surface area (Å²) in [4.78, 5) is 4.95. The van der Waals surface area contributed by atoms with Crippen LogP contribution in [-0.2, 0) is 6.42 Å². The first-order valence-electron chi connectivity index (χ1n) is 7.03. The Labute approximate surface area is 118 Å². The predicted molar refractivity (Wildman–Crippen MR) is 84.8 cm³/mol. The van der Waals surface area contributed by atoms with Crippen LogP contribution in [0, 0.1) is 0 Å². The van der Waals surface area contributed by atoms with Crippen LogP contribution >= 0.6 is 11.3 Å². The fourth-order valence-electron chi connectivity index (χ4n) is 2.64. The predicted octanol–water partition coefficient (Wildman–Crippen LogP) is 5.63. The summed E-state index contributed by atoms with van der Waals surface area (Å²) in [6.07, 6.45) is 5.03. The number of para-hydroxylation sites is 1. The molecule has 0 unspecified atom stereocenters. The summed E-state index contributed by atoms with van der Waals surface area (Å²) in [5, 5.41) is 3.54. The zero-order valence-electron chi connectivity index (χ0n) is 11.3. The number of aryl methyl sites for hydroxylation is 1. The van der Waals surface area contributed by atoms with Crippen LogP contribution in [0.4, 0.5) is 0 Å². The van der Waals surface area contributed by atoms with E-state index >= 15 is 0 Å². The van der Waals surface area contributed by atoms with Crippen LogP contribution in [0.25, 0.3) is 21.5 Å². The number of fused-ring (bicyclic) bond motifs is 1. The number of rotatable bonds is 5. The summed E-state index contributed by atoms with van der Waals surface area (Å²) in [6, 6.07) is 13.0. The minimum absolute atomic E-state index is 1.17. The van der Waals surface area contributed by atoms with Crippen LogP contribution in [-0.4, -0.2) is 4.98 Å². The molecule has 0 fully saturated rings. The maximum Gasteiger partial charge on any atom is 0.0598 e. The van der Waals surface area contributed by atoms with Crippen LogP contribution in [0.1, 0.15) is 31.7 Å². The molecule has 3 aromatic rings. The number of aromatic nitrogens is 1.